The third-order valence-corrected chi connectivity index (χ3v) is 4.71. The minimum absolute atomic E-state index is 0.200. The number of carboxylic acid groups (broad SMARTS) is 1. The van der Waals surface area contributed by atoms with Crippen LogP contribution >= 0.6 is 0 Å². The average Bonchev–Trinajstić information content (AvgIpc) is 2.50. The maximum Gasteiger partial charge on any atom is 0.312 e. The van der Waals surface area contributed by atoms with Crippen LogP contribution in [0.25, 0.3) is 0 Å². The SMILES string of the molecule is CCC[C@]1(C(=O)O)CCN(Cc2cccc(F)c2OC)C[C@@H]1O. The van der Waals surface area contributed by atoms with Crippen molar-refractivity contribution in [1.29, 1.82) is 0 Å². The number of para-hydroxylation sites is 1. The summed E-state index contributed by atoms with van der Waals surface area (Å²) in [4.78, 5) is 13.6. The van der Waals surface area contributed by atoms with Gasteiger partial charge in [0.25, 0.3) is 0 Å². The van der Waals surface area contributed by atoms with Crippen LogP contribution in [0.1, 0.15) is 31.7 Å². The topological polar surface area (TPSA) is 70.0 Å². The summed E-state index contributed by atoms with van der Waals surface area (Å²) < 4.78 is 18.8. The number of likely N-dealkylation sites (tertiary alicyclic amines) is 1. The van der Waals surface area contributed by atoms with E-state index in [1.807, 2.05) is 11.8 Å². The largest absolute Gasteiger partial charge is 0.493 e. The molecule has 1 aliphatic rings. The van der Waals surface area contributed by atoms with Crippen molar-refractivity contribution in [2.75, 3.05) is 20.2 Å². The molecule has 1 saturated heterocycles. The minimum atomic E-state index is -1.07. The number of hydrogen-bond donors (Lipinski definition) is 2. The monoisotopic (exact) mass is 325 g/mol. The molecule has 0 saturated carbocycles. The summed E-state index contributed by atoms with van der Waals surface area (Å²) in [5.74, 6) is -1.16. The van der Waals surface area contributed by atoms with E-state index in [9.17, 15) is 19.4 Å². The second-order valence-electron chi connectivity index (χ2n) is 6.14. The summed E-state index contributed by atoms with van der Waals surface area (Å²) in [5.41, 5.74) is -0.380. The van der Waals surface area contributed by atoms with Crippen LogP contribution in [-0.4, -0.2) is 47.4 Å². The Morgan fingerprint density at radius 1 is 1.52 bits per heavy atom. The summed E-state index contributed by atoms with van der Waals surface area (Å²) in [6, 6.07) is 4.73. The number of hydrogen-bond acceptors (Lipinski definition) is 4. The fourth-order valence-corrected chi connectivity index (χ4v) is 3.42. The van der Waals surface area contributed by atoms with Crippen LogP contribution < -0.4 is 4.74 Å². The van der Waals surface area contributed by atoms with E-state index < -0.39 is 23.3 Å². The van der Waals surface area contributed by atoms with Crippen LogP contribution in [0.4, 0.5) is 4.39 Å². The lowest BCUT2D eigenvalue weighted by molar-refractivity contribution is -0.164. The standard InChI is InChI=1S/C17H24FNO4/c1-3-7-17(16(21)22)8-9-19(11-14(17)20)10-12-5-4-6-13(18)15(12)23-2/h4-6,14,20H,3,7-11H2,1-2H3,(H,21,22)/t14-,17-/m0/s1. The van der Waals surface area contributed by atoms with Crippen molar-refractivity contribution in [1.82, 2.24) is 4.90 Å². The van der Waals surface area contributed by atoms with E-state index in [1.54, 1.807) is 12.1 Å². The number of aliphatic hydroxyl groups excluding tert-OH is 1. The Morgan fingerprint density at radius 3 is 2.83 bits per heavy atom. The number of aliphatic hydroxyl groups is 1. The lowest BCUT2D eigenvalue weighted by Crippen LogP contribution is -2.54. The van der Waals surface area contributed by atoms with Gasteiger partial charge in [0.2, 0.25) is 0 Å². The molecule has 128 valence electrons. The molecule has 5 nitrogen and oxygen atoms in total. The van der Waals surface area contributed by atoms with E-state index in [2.05, 4.69) is 0 Å². The summed E-state index contributed by atoms with van der Waals surface area (Å²) in [6.07, 6.45) is 0.615. The van der Waals surface area contributed by atoms with E-state index in [0.29, 0.717) is 37.9 Å². The fraction of sp³-hybridized carbons (Fsp3) is 0.588. The molecule has 0 spiro atoms. The molecule has 2 rings (SSSR count). The highest BCUT2D eigenvalue weighted by Crippen LogP contribution is 2.37. The van der Waals surface area contributed by atoms with Gasteiger partial charge in [0.1, 0.15) is 0 Å². The zero-order valence-corrected chi connectivity index (χ0v) is 13.6. The lowest BCUT2D eigenvalue weighted by Gasteiger charge is -2.42. The molecular formula is C17H24FNO4. The van der Waals surface area contributed by atoms with Crippen LogP contribution in [0.2, 0.25) is 0 Å². The Hall–Kier alpha value is -1.66. The third-order valence-electron chi connectivity index (χ3n) is 4.71. The molecule has 0 amide bonds. The number of piperidine rings is 1. The van der Waals surface area contributed by atoms with Crippen LogP contribution in [0, 0.1) is 11.2 Å². The normalized spacial score (nSPS) is 25.3. The van der Waals surface area contributed by atoms with E-state index in [4.69, 9.17) is 4.74 Å². The number of benzene rings is 1. The van der Waals surface area contributed by atoms with Gasteiger partial charge in [0, 0.05) is 18.7 Å². The number of halogens is 1. The van der Waals surface area contributed by atoms with Crippen LogP contribution in [0.3, 0.4) is 0 Å². The second-order valence-corrected chi connectivity index (χ2v) is 6.14. The maximum absolute atomic E-state index is 13.7. The van der Waals surface area contributed by atoms with Crippen molar-refractivity contribution in [2.24, 2.45) is 5.41 Å². The summed E-state index contributed by atoms with van der Waals surface area (Å²) >= 11 is 0. The third kappa shape index (κ3) is 3.48. The zero-order chi connectivity index (χ0) is 17.0. The number of carboxylic acids is 1. The molecule has 0 aromatic heterocycles. The molecule has 0 unspecified atom stereocenters. The first kappa shape index (κ1) is 17.7. The number of ether oxygens (including phenoxy) is 1. The van der Waals surface area contributed by atoms with E-state index in [0.717, 1.165) is 0 Å². The van der Waals surface area contributed by atoms with Gasteiger partial charge in [-0.25, -0.2) is 4.39 Å². The quantitative estimate of drug-likeness (QED) is 0.840. The number of nitrogens with zero attached hydrogens (tertiary/aromatic N) is 1. The number of aliphatic carboxylic acids is 1. The Balaban J connectivity index is 2.12. The molecule has 23 heavy (non-hydrogen) atoms. The van der Waals surface area contributed by atoms with Gasteiger partial charge in [0.05, 0.1) is 18.6 Å². The van der Waals surface area contributed by atoms with Gasteiger partial charge in [0.15, 0.2) is 11.6 Å². The summed E-state index contributed by atoms with van der Waals surface area (Å²) in [7, 11) is 1.42. The first-order valence-corrected chi connectivity index (χ1v) is 7.89. The van der Waals surface area contributed by atoms with Gasteiger partial charge in [-0.2, -0.15) is 0 Å². The minimum Gasteiger partial charge on any atom is -0.493 e. The predicted octanol–water partition coefficient (Wildman–Crippen LogP) is 2.27. The van der Waals surface area contributed by atoms with Crippen molar-refractivity contribution in [3.8, 4) is 5.75 Å². The van der Waals surface area contributed by atoms with Crippen molar-refractivity contribution in [3.63, 3.8) is 0 Å². The molecule has 0 bridgehead atoms. The molecule has 2 N–H and O–H groups in total. The second kappa shape index (κ2) is 7.27. The molecule has 1 aromatic carbocycles. The van der Waals surface area contributed by atoms with E-state index in [1.165, 1.54) is 13.2 Å². The van der Waals surface area contributed by atoms with Gasteiger partial charge in [-0.15, -0.1) is 0 Å². The molecule has 0 radical (unpaired) electrons. The Kier molecular flexibility index (Phi) is 5.59. The molecular weight excluding hydrogens is 301 g/mol. The predicted molar refractivity (Wildman–Crippen MR) is 83.8 cm³/mol. The average molecular weight is 325 g/mol. The van der Waals surface area contributed by atoms with E-state index in [-0.39, 0.29) is 12.3 Å². The van der Waals surface area contributed by atoms with Gasteiger partial charge in [-0.1, -0.05) is 25.5 Å². The Bertz CT molecular complexity index is 566. The first-order valence-electron chi connectivity index (χ1n) is 7.89. The highest BCUT2D eigenvalue weighted by atomic mass is 19.1. The number of carbonyl (C=O) groups is 1. The molecule has 2 atom stereocenters. The molecule has 6 heteroatoms. The smallest absolute Gasteiger partial charge is 0.312 e. The van der Waals surface area contributed by atoms with Gasteiger partial charge >= 0.3 is 5.97 Å². The highest BCUT2D eigenvalue weighted by molar-refractivity contribution is 5.75. The maximum atomic E-state index is 13.7. The fourth-order valence-electron chi connectivity index (χ4n) is 3.42. The Morgan fingerprint density at radius 2 is 2.26 bits per heavy atom. The van der Waals surface area contributed by atoms with Crippen LogP contribution in [-0.2, 0) is 11.3 Å². The van der Waals surface area contributed by atoms with Gasteiger partial charge < -0.3 is 14.9 Å². The Labute approximate surface area is 135 Å². The summed E-state index contributed by atoms with van der Waals surface area (Å²) in [6.45, 7) is 3.14. The molecule has 1 fully saturated rings. The number of rotatable bonds is 6. The summed E-state index contributed by atoms with van der Waals surface area (Å²) in [5, 5.41) is 20.0. The molecule has 1 aromatic rings. The van der Waals surface area contributed by atoms with Crippen LogP contribution in [0.5, 0.6) is 5.75 Å². The van der Waals surface area contributed by atoms with Gasteiger partial charge in [-0.3, -0.25) is 9.69 Å². The lowest BCUT2D eigenvalue weighted by atomic mass is 9.73. The van der Waals surface area contributed by atoms with Crippen molar-refractivity contribution in [3.05, 3.63) is 29.6 Å². The zero-order valence-electron chi connectivity index (χ0n) is 13.6. The van der Waals surface area contributed by atoms with Crippen LogP contribution in [0.15, 0.2) is 18.2 Å². The first-order chi connectivity index (χ1) is 10.9. The number of methoxy groups -OCH3 is 1. The molecule has 1 heterocycles. The van der Waals surface area contributed by atoms with Crippen molar-refractivity contribution < 1.29 is 24.1 Å². The van der Waals surface area contributed by atoms with Gasteiger partial charge in [-0.05, 0) is 25.5 Å². The number of β-amino-alcohol motifs (C(OH)–C–C–N with tert-alkyl or cyclic N) is 1. The van der Waals surface area contributed by atoms with E-state index >= 15 is 0 Å². The van der Waals surface area contributed by atoms with Crippen molar-refractivity contribution in [2.45, 2.75) is 38.8 Å². The molecule has 1 aliphatic heterocycles. The van der Waals surface area contributed by atoms with Crippen molar-refractivity contribution >= 4 is 5.97 Å². The highest BCUT2D eigenvalue weighted by Gasteiger charge is 2.47. The molecule has 0 aliphatic carbocycles.